The van der Waals surface area contributed by atoms with Crippen LogP contribution in [0, 0.1) is 0 Å². The molecule has 0 radical (unpaired) electrons. The Hall–Kier alpha value is -2.79. The first-order valence-electron chi connectivity index (χ1n) is 11.7. The van der Waals surface area contributed by atoms with Crippen LogP contribution in [0.4, 0.5) is 0 Å². The van der Waals surface area contributed by atoms with Gasteiger partial charge < -0.3 is 9.42 Å². The van der Waals surface area contributed by atoms with Gasteiger partial charge in [0.2, 0.25) is 17.6 Å². The maximum atomic E-state index is 12.8. The van der Waals surface area contributed by atoms with Crippen molar-refractivity contribution in [2.75, 3.05) is 32.7 Å². The molecule has 5 heterocycles. The number of fused-ring (bicyclic) bond motifs is 1. The first-order chi connectivity index (χ1) is 16.2. The van der Waals surface area contributed by atoms with Crippen LogP contribution in [0.1, 0.15) is 37.4 Å². The van der Waals surface area contributed by atoms with Crippen LogP contribution in [0.3, 0.4) is 0 Å². The number of carbonyl (C=O) groups is 1. The normalized spacial score (nSPS) is 17.2. The number of amides is 1. The molecule has 0 saturated carbocycles. The van der Waals surface area contributed by atoms with Gasteiger partial charge in [-0.15, -0.1) is 11.3 Å². The van der Waals surface area contributed by atoms with Crippen LogP contribution in [0.5, 0.6) is 0 Å². The molecule has 0 aromatic carbocycles. The van der Waals surface area contributed by atoms with E-state index in [1.807, 2.05) is 22.4 Å². The van der Waals surface area contributed by atoms with Gasteiger partial charge in [0.05, 0.1) is 4.88 Å². The Labute approximate surface area is 195 Å². The third kappa shape index (κ3) is 5.09. The van der Waals surface area contributed by atoms with E-state index in [1.165, 1.54) is 4.68 Å². The summed E-state index contributed by atoms with van der Waals surface area (Å²) < 4.78 is 8.46. The van der Waals surface area contributed by atoms with E-state index in [-0.39, 0.29) is 18.1 Å². The SMILES string of the molecule is O=C(Cn1nc2n(c1=O)CCCCC2)N1CCN(CCCc2nc(-c3cccs3)no2)CC1. The molecule has 0 N–H and O–H groups in total. The lowest BCUT2D eigenvalue weighted by Crippen LogP contribution is -2.50. The van der Waals surface area contributed by atoms with Gasteiger partial charge in [0.1, 0.15) is 12.4 Å². The minimum atomic E-state index is -0.151. The minimum absolute atomic E-state index is 0.0303. The van der Waals surface area contributed by atoms with Gasteiger partial charge in [-0.3, -0.25) is 14.3 Å². The highest BCUT2D eigenvalue weighted by Crippen LogP contribution is 2.21. The predicted molar refractivity (Wildman–Crippen MR) is 123 cm³/mol. The average molecular weight is 472 g/mol. The average Bonchev–Trinajstić information content (AvgIpc) is 3.54. The number of thiophene rings is 1. The summed E-state index contributed by atoms with van der Waals surface area (Å²) in [6.45, 7) is 4.65. The van der Waals surface area contributed by atoms with Crippen molar-refractivity contribution in [2.45, 2.75) is 51.6 Å². The largest absolute Gasteiger partial charge is 0.346 e. The number of hydrogen-bond acceptors (Lipinski definition) is 8. The number of aryl methyl sites for hydroxylation is 2. The fourth-order valence-corrected chi connectivity index (χ4v) is 5.14. The van der Waals surface area contributed by atoms with Crippen molar-refractivity contribution < 1.29 is 9.32 Å². The minimum Gasteiger partial charge on any atom is -0.339 e. The Balaban J connectivity index is 1.06. The van der Waals surface area contributed by atoms with Gasteiger partial charge in [-0.25, -0.2) is 9.48 Å². The zero-order chi connectivity index (χ0) is 22.6. The standard InChI is InChI=1S/C22H29N7O3S/c30-20(16-29-22(31)28-10-3-1-2-7-18(28)24-29)27-13-11-26(12-14-27)9-4-8-19-23-21(25-32-19)17-6-5-15-33-17/h5-6,15H,1-4,7-14,16H2. The van der Waals surface area contributed by atoms with E-state index >= 15 is 0 Å². The van der Waals surface area contributed by atoms with E-state index in [0.717, 1.165) is 68.9 Å². The van der Waals surface area contributed by atoms with Crippen molar-refractivity contribution in [3.8, 4) is 10.7 Å². The van der Waals surface area contributed by atoms with Crippen molar-refractivity contribution in [3.63, 3.8) is 0 Å². The molecule has 0 unspecified atom stereocenters. The number of hydrogen-bond donors (Lipinski definition) is 0. The Morgan fingerprint density at radius 2 is 2.00 bits per heavy atom. The monoisotopic (exact) mass is 471 g/mol. The first-order valence-corrected chi connectivity index (χ1v) is 12.6. The zero-order valence-electron chi connectivity index (χ0n) is 18.7. The van der Waals surface area contributed by atoms with Crippen LogP contribution in [-0.2, 0) is 30.7 Å². The molecule has 0 spiro atoms. The fourth-order valence-electron chi connectivity index (χ4n) is 4.49. The molecule has 3 aromatic rings. The van der Waals surface area contributed by atoms with E-state index in [2.05, 4.69) is 20.1 Å². The van der Waals surface area contributed by atoms with Crippen molar-refractivity contribution >= 4 is 17.2 Å². The highest BCUT2D eigenvalue weighted by atomic mass is 32.1. The van der Waals surface area contributed by atoms with Gasteiger partial charge in [0.15, 0.2) is 0 Å². The molecule has 0 bridgehead atoms. The van der Waals surface area contributed by atoms with E-state index in [9.17, 15) is 9.59 Å². The molecule has 0 aliphatic carbocycles. The predicted octanol–water partition coefficient (Wildman–Crippen LogP) is 1.66. The summed E-state index contributed by atoms with van der Waals surface area (Å²) in [6.07, 6.45) is 5.65. The van der Waals surface area contributed by atoms with Gasteiger partial charge in [-0.1, -0.05) is 17.6 Å². The topological polar surface area (TPSA) is 102 Å². The second kappa shape index (κ2) is 10.0. The molecule has 1 amide bonds. The molecule has 33 heavy (non-hydrogen) atoms. The van der Waals surface area contributed by atoms with Crippen LogP contribution >= 0.6 is 11.3 Å². The van der Waals surface area contributed by atoms with Crippen molar-refractivity contribution in [3.05, 3.63) is 39.7 Å². The molecule has 5 rings (SSSR count). The summed E-state index contributed by atoms with van der Waals surface area (Å²) in [5.41, 5.74) is -0.151. The molecule has 2 aliphatic heterocycles. The highest BCUT2D eigenvalue weighted by molar-refractivity contribution is 7.13. The molecular weight excluding hydrogens is 442 g/mol. The zero-order valence-corrected chi connectivity index (χ0v) is 19.5. The smallest absolute Gasteiger partial charge is 0.339 e. The first kappa shape index (κ1) is 22.0. The van der Waals surface area contributed by atoms with Crippen molar-refractivity contribution in [1.29, 1.82) is 0 Å². The van der Waals surface area contributed by atoms with Gasteiger partial charge in [-0.05, 0) is 37.3 Å². The Bertz CT molecular complexity index is 1130. The molecule has 176 valence electrons. The van der Waals surface area contributed by atoms with Gasteiger partial charge in [0, 0.05) is 45.6 Å². The van der Waals surface area contributed by atoms with Crippen LogP contribution < -0.4 is 5.69 Å². The van der Waals surface area contributed by atoms with Crippen molar-refractivity contribution in [1.82, 2.24) is 34.3 Å². The summed E-state index contributed by atoms with van der Waals surface area (Å²) in [5, 5.41) is 10.5. The van der Waals surface area contributed by atoms with Crippen LogP contribution in [0.15, 0.2) is 26.8 Å². The van der Waals surface area contributed by atoms with Crippen LogP contribution in [0.2, 0.25) is 0 Å². The fraction of sp³-hybridized carbons (Fsp3) is 0.591. The second-order valence-corrected chi connectivity index (χ2v) is 9.58. The van der Waals surface area contributed by atoms with Gasteiger partial charge >= 0.3 is 5.69 Å². The lowest BCUT2D eigenvalue weighted by Gasteiger charge is -2.34. The van der Waals surface area contributed by atoms with E-state index < -0.39 is 0 Å². The quantitative estimate of drug-likeness (QED) is 0.516. The molecular formula is C22H29N7O3S. The Kier molecular flexibility index (Phi) is 6.68. The van der Waals surface area contributed by atoms with Gasteiger partial charge in [-0.2, -0.15) is 10.1 Å². The number of aromatic nitrogens is 5. The Morgan fingerprint density at radius 1 is 1.12 bits per heavy atom. The van der Waals surface area contributed by atoms with Gasteiger partial charge in [0.25, 0.3) is 0 Å². The molecule has 1 fully saturated rings. The van der Waals surface area contributed by atoms with Crippen LogP contribution in [0.25, 0.3) is 10.7 Å². The third-order valence-electron chi connectivity index (χ3n) is 6.37. The lowest BCUT2D eigenvalue weighted by molar-refractivity contribution is -0.133. The third-order valence-corrected chi connectivity index (χ3v) is 7.23. The maximum Gasteiger partial charge on any atom is 0.346 e. The molecule has 11 heteroatoms. The van der Waals surface area contributed by atoms with E-state index in [1.54, 1.807) is 15.9 Å². The summed E-state index contributed by atoms with van der Waals surface area (Å²) >= 11 is 1.60. The summed E-state index contributed by atoms with van der Waals surface area (Å²) in [5.74, 6) is 2.10. The van der Waals surface area contributed by atoms with Crippen LogP contribution in [-0.4, -0.2) is 72.9 Å². The summed E-state index contributed by atoms with van der Waals surface area (Å²) in [7, 11) is 0. The highest BCUT2D eigenvalue weighted by Gasteiger charge is 2.23. The van der Waals surface area contributed by atoms with E-state index in [4.69, 9.17) is 4.52 Å². The molecule has 2 aliphatic rings. The number of carbonyl (C=O) groups excluding carboxylic acids is 1. The van der Waals surface area contributed by atoms with Crippen molar-refractivity contribution in [2.24, 2.45) is 0 Å². The molecule has 0 atom stereocenters. The van der Waals surface area contributed by atoms with E-state index in [0.29, 0.717) is 31.3 Å². The Morgan fingerprint density at radius 3 is 2.82 bits per heavy atom. The molecule has 3 aromatic heterocycles. The number of rotatable bonds is 7. The summed E-state index contributed by atoms with van der Waals surface area (Å²) in [6, 6.07) is 3.96. The number of nitrogens with zero attached hydrogens (tertiary/aromatic N) is 7. The lowest BCUT2D eigenvalue weighted by atomic mass is 10.2. The molecule has 1 saturated heterocycles. The summed E-state index contributed by atoms with van der Waals surface area (Å²) in [4.78, 5) is 35.1. The molecule has 10 nitrogen and oxygen atoms in total. The maximum absolute atomic E-state index is 12.8. The second-order valence-electron chi connectivity index (χ2n) is 8.63. The number of piperazine rings is 1.